The molecular weight excluding hydrogens is 344 g/mol. The molecule has 3 rings (SSSR count). The highest BCUT2D eigenvalue weighted by molar-refractivity contribution is 6.14. The summed E-state index contributed by atoms with van der Waals surface area (Å²) >= 11 is 0. The molecule has 0 radical (unpaired) electrons. The Kier molecular flexibility index (Phi) is 4.74. The molecule has 0 bridgehead atoms. The predicted octanol–water partition coefficient (Wildman–Crippen LogP) is 3.22. The highest BCUT2D eigenvalue weighted by atomic mass is 16.5. The van der Waals surface area contributed by atoms with Crippen LogP contribution in [0.3, 0.4) is 0 Å². The van der Waals surface area contributed by atoms with Gasteiger partial charge in [-0.3, -0.25) is 14.5 Å². The summed E-state index contributed by atoms with van der Waals surface area (Å²) in [4.78, 5) is 38.9. The molecule has 0 fully saturated rings. The van der Waals surface area contributed by atoms with E-state index in [0.717, 1.165) is 11.1 Å². The number of esters is 1. The Hall–Kier alpha value is -3.15. The van der Waals surface area contributed by atoms with E-state index in [4.69, 9.17) is 4.74 Å². The zero-order valence-electron chi connectivity index (χ0n) is 15.8. The van der Waals surface area contributed by atoms with Crippen molar-refractivity contribution in [3.8, 4) is 0 Å². The average Bonchev–Trinajstić information content (AvgIpc) is 2.62. The molecule has 0 aliphatic carbocycles. The van der Waals surface area contributed by atoms with Gasteiger partial charge in [0.25, 0.3) is 5.91 Å². The van der Waals surface area contributed by atoms with Crippen molar-refractivity contribution in [2.24, 2.45) is 0 Å². The van der Waals surface area contributed by atoms with Crippen molar-refractivity contribution in [2.45, 2.75) is 33.2 Å². The second kappa shape index (κ2) is 6.87. The van der Waals surface area contributed by atoms with Gasteiger partial charge < -0.3 is 10.1 Å². The molecule has 6 nitrogen and oxygen atoms in total. The van der Waals surface area contributed by atoms with E-state index in [1.807, 2.05) is 19.9 Å². The summed E-state index contributed by atoms with van der Waals surface area (Å²) in [6, 6.07) is 12.3. The van der Waals surface area contributed by atoms with Crippen LogP contribution in [0.5, 0.6) is 0 Å². The zero-order valence-corrected chi connectivity index (χ0v) is 15.8. The van der Waals surface area contributed by atoms with Crippen LogP contribution in [0.2, 0.25) is 0 Å². The van der Waals surface area contributed by atoms with Crippen molar-refractivity contribution in [3.05, 3.63) is 59.2 Å². The van der Waals surface area contributed by atoms with Crippen molar-refractivity contribution < 1.29 is 19.1 Å². The Labute approximate surface area is 158 Å². The predicted molar refractivity (Wildman–Crippen MR) is 103 cm³/mol. The number of nitrogens with one attached hydrogen (secondary N) is 1. The van der Waals surface area contributed by atoms with Crippen molar-refractivity contribution in [1.29, 1.82) is 0 Å². The standard InChI is InChI=1S/C21H22N2O4/c1-13-9-10-15(11-14(13)2)19(25)27-12-18(24)23-17-8-6-5-7-16(17)22-20(26)21(23,3)4/h5-11H,12H2,1-4H3,(H,22,26). The summed E-state index contributed by atoms with van der Waals surface area (Å²) in [5.41, 5.74) is 2.46. The van der Waals surface area contributed by atoms with Crippen LogP contribution < -0.4 is 10.2 Å². The fraction of sp³-hybridized carbons (Fsp3) is 0.286. The number of ether oxygens (including phenoxy) is 1. The monoisotopic (exact) mass is 366 g/mol. The number of rotatable bonds is 3. The Morgan fingerprint density at radius 3 is 2.48 bits per heavy atom. The Bertz CT molecular complexity index is 934. The Morgan fingerprint density at radius 1 is 1.07 bits per heavy atom. The number of benzene rings is 2. The number of carbonyl (C=O) groups excluding carboxylic acids is 3. The molecule has 0 saturated carbocycles. The summed E-state index contributed by atoms with van der Waals surface area (Å²) in [5, 5.41) is 2.80. The van der Waals surface area contributed by atoms with Crippen LogP contribution in [0.4, 0.5) is 11.4 Å². The van der Waals surface area contributed by atoms with Gasteiger partial charge in [0.2, 0.25) is 5.91 Å². The van der Waals surface area contributed by atoms with Gasteiger partial charge in [0.05, 0.1) is 16.9 Å². The first-order chi connectivity index (χ1) is 12.7. The van der Waals surface area contributed by atoms with Gasteiger partial charge in [-0.2, -0.15) is 0 Å². The van der Waals surface area contributed by atoms with Crippen LogP contribution in [0.25, 0.3) is 0 Å². The SMILES string of the molecule is Cc1ccc(C(=O)OCC(=O)N2c3ccccc3NC(=O)C2(C)C)cc1C. The number of hydrogen-bond donors (Lipinski definition) is 1. The van der Waals surface area contributed by atoms with Gasteiger partial charge in [-0.15, -0.1) is 0 Å². The fourth-order valence-corrected chi connectivity index (χ4v) is 3.04. The molecule has 2 aromatic rings. The lowest BCUT2D eigenvalue weighted by Gasteiger charge is -2.41. The number of anilines is 2. The largest absolute Gasteiger partial charge is 0.452 e. The molecule has 6 heteroatoms. The molecule has 0 aromatic heterocycles. The number of nitrogens with zero attached hydrogens (tertiary/aromatic N) is 1. The van der Waals surface area contributed by atoms with Crippen LogP contribution in [-0.2, 0) is 14.3 Å². The Morgan fingerprint density at radius 2 is 1.78 bits per heavy atom. The van der Waals surface area contributed by atoms with Crippen molar-refractivity contribution >= 4 is 29.2 Å². The lowest BCUT2D eigenvalue weighted by atomic mass is 9.96. The summed E-state index contributed by atoms with van der Waals surface area (Å²) in [6.45, 7) is 6.72. The highest BCUT2D eigenvalue weighted by Gasteiger charge is 2.43. The zero-order chi connectivity index (χ0) is 19.8. The first-order valence-corrected chi connectivity index (χ1v) is 8.69. The second-order valence-corrected chi connectivity index (χ2v) is 7.13. The van der Waals surface area contributed by atoms with Gasteiger partial charge in [0.1, 0.15) is 5.54 Å². The molecule has 1 heterocycles. The first-order valence-electron chi connectivity index (χ1n) is 8.69. The number of aryl methyl sites for hydroxylation is 2. The lowest BCUT2D eigenvalue weighted by Crippen LogP contribution is -2.59. The molecule has 2 aromatic carbocycles. The number of carbonyl (C=O) groups is 3. The molecule has 0 spiro atoms. The Balaban J connectivity index is 1.79. The number of para-hydroxylation sites is 2. The minimum absolute atomic E-state index is 0.296. The number of fused-ring (bicyclic) bond motifs is 1. The maximum Gasteiger partial charge on any atom is 0.338 e. The number of hydrogen-bond acceptors (Lipinski definition) is 4. The first kappa shape index (κ1) is 18.6. The summed E-state index contributed by atoms with van der Waals surface area (Å²) in [6.07, 6.45) is 0. The van der Waals surface area contributed by atoms with Gasteiger partial charge in [-0.05, 0) is 63.1 Å². The molecule has 140 valence electrons. The van der Waals surface area contributed by atoms with Crippen molar-refractivity contribution in [3.63, 3.8) is 0 Å². The van der Waals surface area contributed by atoms with E-state index in [2.05, 4.69) is 5.32 Å². The van der Waals surface area contributed by atoms with E-state index in [0.29, 0.717) is 16.9 Å². The highest BCUT2D eigenvalue weighted by Crippen LogP contribution is 2.36. The van der Waals surface area contributed by atoms with Gasteiger partial charge in [0.15, 0.2) is 6.61 Å². The normalized spacial score (nSPS) is 15.0. The van der Waals surface area contributed by atoms with Crippen LogP contribution >= 0.6 is 0 Å². The van der Waals surface area contributed by atoms with E-state index < -0.39 is 24.0 Å². The third-order valence-electron chi connectivity index (χ3n) is 4.83. The molecule has 0 atom stereocenters. The van der Waals surface area contributed by atoms with Crippen molar-refractivity contribution in [2.75, 3.05) is 16.8 Å². The smallest absolute Gasteiger partial charge is 0.338 e. The third-order valence-corrected chi connectivity index (χ3v) is 4.83. The second-order valence-electron chi connectivity index (χ2n) is 7.13. The minimum Gasteiger partial charge on any atom is -0.452 e. The van der Waals surface area contributed by atoms with E-state index in [1.165, 1.54) is 4.90 Å². The molecule has 1 aliphatic heterocycles. The molecule has 2 amide bonds. The quantitative estimate of drug-likeness (QED) is 0.847. The van der Waals surface area contributed by atoms with E-state index in [-0.39, 0.29) is 5.91 Å². The number of amides is 2. The maximum absolute atomic E-state index is 12.8. The van der Waals surface area contributed by atoms with Crippen molar-refractivity contribution in [1.82, 2.24) is 0 Å². The average molecular weight is 366 g/mol. The summed E-state index contributed by atoms with van der Waals surface area (Å²) < 4.78 is 5.22. The van der Waals surface area contributed by atoms with E-state index >= 15 is 0 Å². The van der Waals surface area contributed by atoms with Gasteiger partial charge in [-0.25, -0.2) is 4.79 Å². The van der Waals surface area contributed by atoms with Gasteiger partial charge in [0, 0.05) is 0 Å². The van der Waals surface area contributed by atoms with Gasteiger partial charge in [-0.1, -0.05) is 18.2 Å². The fourth-order valence-electron chi connectivity index (χ4n) is 3.04. The third kappa shape index (κ3) is 3.43. The molecule has 0 saturated heterocycles. The molecule has 0 unspecified atom stereocenters. The maximum atomic E-state index is 12.8. The molecule has 27 heavy (non-hydrogen) atoms. The van der Waals surface area contributed by atoms with Crippen LogP contribution in [0, 0.1) is 13.8 Å². The molecular formula is C21H22N2O4. The van der Waals surface area contributed by atoms with Gasteiger partial charge >= 0.3 is 5.97 Å². The van der Waals surface area contributed by atoms with Crippen LogP contribution in [0.15, 0.2) is 42.5 Å². The van der Waals surface area contributed by atoms with E-state index in [1.54, 1.807) is 50.2 Å². The minimum atomic E-state index is -1.10. The lowest BCUT2D eigenvalue weighted by molar-refractivity contribution is -0.128. The van der Waals surface area contributed by atoms with E-state index in [9.17, 15) is 14.4 Å². The summed E-state index contributed by atoms with van der Waals surface area (Å²) in [7, 11) is 0. The molecule has 1 aliphatic rings. The molecule has 1 N–H and O–H groups in total. The topological polar surface area (TPSA) is 75.7 Å². The van der Waals surface area contributed by atoms with Crippen LogP contribution in [0.1, 0.15) is 35.3 Å². The summed E-state index contributed by atoms with van der Waals surface area (Å²) in [5.74, 6) is -1.33. The van der Waals surface area contributed by atoms with Crippen LogP contribution in [-0.4, -0.2) is 29.9 Å².